The van der Waals surface area contributed by atoms with Crippen LogP contribution in [0.5, 0.6) is 0 Å². The largest absolute Gasteiger partial charge is 0.480 e. The van der Waals surface area contributed by atoms with Crippen molar-refractivity contribution in [2.75, 3.05) is 6.54 Å². The SMILES string of the molecule is CB(O)CCC1CC12CCNC2C(=O)O. The van der Waals surface area contributed by atoms with Crippen molar-refractivity contribution in [1.82, 2.24) is 5.32 Å². The fourth-order valence-electron chi connectivity index (χ4n) is 3.02. The maximum Gasteiger partial charge on any atom is 0.321 e. The van der Waals surface area contributed by atoms with E-state index in [1.54, 1.807) is 6.82 Å². The fourth-order valence-corrected chi connectivity index (χ4v) is 3.02. The smallest absolute Gasteiger partial charge is 0.321 e. The van der Waals surface area contributed by atoms with Crippen molar-refractivity contribution in [3.63, 3.8) is 0 Å². The van der Waals surface area contributed by atoms with Crippen molar-refractivity contribution in [1.29, 1.82) is 0 Å². The lowest BCUT2D eigenvalue weighted by atomic mass is 9.66. The highest BCUT2D eigenvalue weighted by Gasteiger charge is 2.62. The second kappa shape index (κ2) is 3.79. The molecule has 2 aliphatic rings. The van der Waals surface area contributed by atoms with Gasteiger partial charge in [-0.1, -0.05) is 13.2 Å². The summed E-state index contributed by atoms with van der Waals surface area (Å²) >= 11 is 0. The lowest BCUT2D eigenvalue weighted by molar-refractivity contribution is -0.140. The Morgan fingerprint density at radius 3 is 3.00 bits per heavy atom. The molecular weight excluding hydrogens is 193 g/mol. The molecule has 1 aliphatic heterocycles. The molecule has 0 aromatic carbocycles. The van der Waals surface area contributed by atoms with E-state index < -0.39 is 5.97 Å². The zero-order valence-electron chi connectivity index (χ0n) is 9.07. The Balaban J connectivity index is 1.91. The number of aliphatic carboxylic acids is 1. The Morgan fingerprint density at radius 2 is 2.40 bits per heavy atom. The number of rotatable bonds is 4. The molecule has 0 aromatic heterocycles. The summed E-state index contributed by atoms with van der Waals surface area (Å²) in [5.41, 5.74) is 0.0146. The van der Waals surface area contributed by atoms with Gasteiger partial charge in [0.2, 0.25) is 0 Å². The van der Waals surface area contributed by atoms with Gasteiger partial charge < -0.3 is 15.4 Å². The summed E-state index contributed by atoms with van der Waals surface area (Å²) in [5, 5.41) is 21.3. The van der Waals surface area contributed by atoms with E-state index in [4.69, 9.17) is 5.11 Å². The third-order valence-electron chi connectivity index (χ3n) is 3.97. The van der Waals surface area contributed by atoms with Crippen LogP contribution in [0, 0.1) is 11.3 Å². The Kier molecular flexibility index (Phi) is 2.77. The highest BCUT2D eigenvalue weighted by Crippen LogP contribution is 2.61. The summed E-state index contributed by atoms with van der Waals surface area (Å²) in [5.74, 6) is -0.213. The molecule has 1 heterocycles. The monoisotopic (exact) mass is 211 g/mol. The van der Waals surface area contributed by atoms with Gasteiger partial charge in [-0.3, -0.25) is 4.79 Å². The number of nitrogens with one attached hydrogen (secondary N) is 1. The molecule has 3 unspecified atom stereocenters. The number of carboxylic acid groups (broad SMARTS) is 1. The number of carboxylic acids is 1. The van der Waals surface area contributed by atoms with E-state index in [-0.39, 0.29) is 18.4 Å². The maximum absolute atomic E-state index is 11.0. The first-order chi connectivity index (χ1) is 7.06. The van der Waals surface area contributed by atoms with E-state index in [1.165, 1.54) is 0 Å². The fraction of sp³-hybridized carbons (Fsp3) is 0.900. The minimum Gasteiger partial charge on any atom is -0.480 e. The maximum atomic E-state index is 11.0. The van der Waals surface area contributed by atoms with Gasteiger partial charge in [-0.2, -0.15) is 0 Å². The van der Waals surface area contributed by atoms with E-state index in [0.717, 1.165) is 32.1 Å². The zero-order chi connectivity index (χ0) is 11.1. The van der Waals surface area contributed by atoms with E-state index in [9.17, 15) is 9.82 Å². The quantitative estimate of drug-likeness (QED) is 0.590. The number of carbonyl (C=O) groups is 1. The minimum absolute atomic E-state index is 0.0146. The third-order valence-corrected chi connectivity index (χ3v) is 3.97. The van der Waals surface area contributed by atoms with Crippen LogP contribution in [0.25, 0.3) is 0 Å². The van der Waals surface area contributed by atoms with Crippen LogP contribution in [0.2, 0.25) is 13.1 Å². The summed E-state index contributed by atoms with van der Waals surface area (Å²) in [6, 6.07) is -0.350. The average molecular weight is 211 g/mol. The molecule has 15 heavy (non-hydrogen) atoms. The van der Waals surface area contributed by atoms with Gasteiger partial charge in [0.25, 0.3) is 6.92 Å². The molecular formula is C10H18BNO3. The molecule has 2 fully saturated rings. The van der Waals surface area contributed by atoms with Crippen LogP contribution in [0.4, 0.5) is 0 Å². The van der Waals surface area contributed by atoms with Crippen molar-refractivity contribution < 1.29 is 14.9 Å². The molecule has 1 saturated heterocycles. The molecule has 5 heteroatoms. The van der Waals surface area contributed by atoms with Gasteiger partial charge in [-0.25, -0.2) is 0 Å². The van der Waals surface area contributed by atoms with Gasteiger partial charge in [-0.15, -0.1) is 0 Å². The lowest BCUT2D eigenvalue weighted by Gasteiger charge is -2.15. The van der Waals surface area contributed by atoms with Crippen molar-refractivity contribution in [2.45, 2.75) is 38.4 Å². The average Bonchev–Trinajstić information content (AvgIpc) is 2.62. The summed E-state index contributed by atoms with van der Waals surface area (Å²) < 4.78 is 0. The predicted molar refractivity (Wildman–Crippen MR) is 57.8 cm³/mol. The van der Waals surface area contributed by atoms with Crippen LogP contribution in [0.3, 0.4) is 0 Å². The summed E-state index contributed by atoms with van der Waals surface area (Å²) in [6.45, 7) is 2.35. The van der Waals surface area contributed by atoms with Crippen molar-refractivity contribution in [2.24, 2.45) is 11.3 Å². The van der Waals surface area contributed by atoms with Gasteiger partial charge in [0, 0.05) is 5.41 Å². The first kappa shape index (κ1) is 11.0. The first-order valence-corrected chi connectivity index (χ1v) is 5.70. The zero-order valence-corrected chi connectivity index (χ0v) is 9.07. The molecule has 1 spiro atoms. The number of hydrogen-bond donors (Lipinski definition) is 3. The molecule has 3 atom stereocenters. The van der Waals surface area contributed by atoms with Gasteiger partial charge in [0.05, 0.1) is 0 Å². The minimum atomic E-state index is -0.716. The van der Waals surface area contributed by atoms with Gasteiger partial charge in [-0.05, 0) is 31.6 Å². The molecule has 0 amide bonds. The van der Waals surface area contributed by atoms with Crippen molar-refractivity contribution in [3.05, 3.63) is 0 Å². The molecule has 3 N–H and O–H groups in total. The molecule has 0 radical (unpaired) electrons. The van der Waals surface area contributed by atoms with Gasteiger partial charge >= 0.3 is 5.97 Å². The Labute approximate surface area is 90.2 Å². The van der Waals surface area contributed by atoms with Gasteiger partial charge in [0.15, 0.2) is 0 Å². The van der Waals surface area contributed by atoms with Crippen LogP contribution in [-0.2, 0) is 4.79 Å². The highest BCUT2D eigenvalue weighted by atomic mass is 16.4. The van der Waals surface area contributed by atoms with Crippen LogP contribution in [0.1, 0.15) is 19.3 Å². The molecule has 4 nitrogen and oxygen atoms in total. The van der Waals surface area contributed by atoms with E-state index >= 15 is 0 Å². The Hall–Kier alpha value is -0.545. The molecule has 1 saturated carbocycles. The van der Waals surface area contributed by atoms with E-state index in [1.807, 2.05) is 0 Å². The standard InChI is InChI=1S/C10H18BNO3/c1-11(15)4-2-7-6-10(7)3-5-12-8(10)9(13)14/h7-8,12,15H,2-6H2,1H3,(H,13,14). The van der Waals surface area contributed by atoms with Crippen molar-refractivity contribution in [3.8, 4) is 0 Å². The van der Waals surface area contributed by atoms with Crippen LogP contribution in [-0.4, -0.2) is 35.6 Å². The molecule has 2 rings (SSSR count). The lowest BCUT2D eigenvalue weighted by Crippen LogP contribution is -2.37. The van der Waals surface area contributed by atoms with Crippen LogP contribution in [0.15, 0.2) is 0 Å². The molecule has 0 bridgehead atoms. The summed E-state index contributed by atoms with van der Waals surface area (Å²) in [6.07, 6.45) is 3.75. The second-order valence-electron chi connectivity index (χ2n) is 5.04. The van der Waals surface area contributed by atoms with Gasteiger partial charge in [0.1, 0.15) is 6.04 Å². The highest BCUT2D eigenvalue weighted by molar-refractivity contribution is 6.48. The Bertz CT molecular complexity index is 271. The first-order valence-electron chi connectivity index (χ1n) is 5.70. The van der Waals surface area contributed by atoms with Crippen LogP contribution < -0.4 is 5.32 Å². The van der Waals surface area contributed by atoms with Crippen molar-refractivity contribution >= 4 is 12.9 Å². The van der Waals surface area contributed by atoms with E-state index in [0.29, 0.717) is 5.92 Å². The Morgan fingerprint density at radius 1 is 1.67 bits per heavy atom. The van der Waals surface area contributed by atoms with Crippen LogP contribution >= 0.6 is 0 Å². The third kappa shape index (κ3) is 1.90. The summed E-state index contributed by atoms with van der Waals surface area (Å²) in [4.78, 5) is 11.0. The topological polar surface area (TPSA) is 69.6 Å². The summed E-state index contributed by atoms with van der Waals surface area (Å²) in [7, 11) is 0. The molecule has 1 aliphatic carbocycles. The predicted octanol–water partition coefficient (Wildman–Crippen LogP) is 0.443. The normalized spacial score (nSPS) is 38.3. The molecule has 84 valence electrons. The second-order valence-corrected chi connectivity index (χ2v) is 5.04. The molecule has 0 aromatic rings. The van der Waals surface area contributed by atoms with E-state index in [2.05, 4.69) is 5.32 Å². The number of hydrogen-bond acceptors (Lipinski definition) is 3.